The fourth-order valence-electron chi connectivity index (χ4n) is 3.61. The van der Waals surface area contributed by atoms with Crippen LogP contribution in [0.3, 0.4) is 0 Å². The molecule has 2 heterocycles. The van der Waals surface area contributed by atoms with E-state index < -0.39 is 0 Å². The zero-order chi connectivity index (χ0) is 24.0. The Labute approximate surface area is 207 Å². The van der Waals surface area contributed by atoms with Crippen molar-refractivity contribution in [2.45, 2.75) is 12.1 Å². The maximum atomic E-state index is 12.5. The quantitative estimate of drug-likeness (QED) is 0.291. The predicted octanol–water partition coefficient (Wildman–Crippen LogP) is 5.59. The van der Waals surface area contributed by atoms with Crippen molar-refractivity contribution >= 4 is 29.0 Å². The number of carbonyl (C=O) groups is 1. The summed E-state index contributed by atoms with van der Waals surface area (Å²) in [5.74, 6) is 0.820. The molecule has 0 unspecified atom stereocenters. The molecule has 0 saturated heterocycles. The van der Waals surface area contributed by atoms with Crippen molar-refractivity contribution in [1.82, 2.24) is 19.8 Å². The number of aromatic nitrogens is 4. The fourth-order valence-corrected chi connectivity index (χ4v) is 4.29. The Morgan fingerprint density at radius 2 is 1.57 bits per heavy atom. The lowest BCUT2D eigenvalue weighted by molar-refractivity contribution is -0.113. The number of rotatable bonds is 8. The zero-order valence-electron chi connectivity index (χ0n) is 19.1. The van der Waals surface area contributed by atoms with Crippen molar-refractivity contribution in [1.29, 1.82) is 0 Å². The second kappa shape index (κ2) is 10.4. The van der Waals surface area contributed by atoms with Crippen molar-refractivity contribution in [3.05, 3.63) is 91.0 Å². The lowest BCUT2D eigenvalue weighted by Crippen LogP contribution is -2.14. The molecule has 1 amide bonds. The van der Waals surface area contributed by atoms with E-state index in [4.69, 9.17) is 9.84 Å². The number of anilines is 1. The van der Waals surface area contributed by atoms with E-state index in [0.717, 1.165) is 22.6 Å². The fraction of sp³-hybridized carbons (Fsp3) is 0.111. The van der Waals surface area contributed by atoms with Gasteiger partial charge in [0.15, 0.2) is 5.65 Å². The van der Waals surface area contributed by atoms with E-state index >= 15 is 0 Å². The van der Waals surface area contributed by atoms with Gasteiger partial charge in [-0.25, -0.2) is 0 Å². The number of hydrogen-bond acceptors (Lipinski definition) is 6. The van der Waals surface area contributed by atoms with E-state index in [1.807, 2.05) is 61.5 Å². The number of thioether (sulfide) groups is 1. The molecule has 2 aromatic heterocycles. The van der Waals surface area contributed by atoms with E-state index in [-0.39, 0.29) is 11.7 Å². The molecule has 8 heteroatoms. The standard InChI is InChI=1S/C27H23N5O2S/c1-2-34-23-14-12-22(13-15-23)28-26(33)18-35-27-30-29-25-17-16-24(31-32(25)27)21-10-8-20(9-11-21)19-6-4-3-5-7-19/h3-17H,2,18H2,1H3,(H,28,33). The summed E-state index contributed by atoms with van der Waals surface area (Å²) < 4.78 is 7.10. The second-order valence-electron chi connectivity index (χ2n) is 7.71. The number of amides is 1. The second-order valence-corrected chi connectivity index (χ2v) is 8.65. The molecule has 0 atom stereocenters. The number of hydrogen-bond donors (Lipinski definition) is 1. The first-order chi connectivity index (χ1) is 17.2. The van der Waals surface area contributed by atoms with Gasteiger partial charge in [0.05, 0.1) is 18.1 Å². The average Bonchev–Trinajstić information content (AvgIpc) is 3.32. The molecule has 0 fully saturated rings. The van der Waals surface area contributed by atoms with Crippen LogP contribution in [-0.2, 0) is 4.79 Å². The van der Waals surface area contributed by atoms with Gasteiger partial charge < -0.3 is 10.1 Å². The largest absolute Gasteiger partial charge is 0.494 e. The van der Waals surface area contributed by atoms with Gasteiger partial charge in [-0.3, -0.25) is 4.79 Å². The van der Waals surface area contributed by atoms with E-state index in [9.17, 15) is 4.79 Å². The highest BCUT2D eigenvalue weighted by atomic mass is 32.2. The molecule has 174 valence electrons. The number of carbonyl (C=O) groups excluding carboxylic acids is 1. The Balaban J connectivity index is 1.27. The third-order valence-corrected chi connectivity index (χ3v) is 6.22. The van der Waals surface area contributed by atoms with Crippen LogP contribution < -0.4 is 10.1 Å². The van der Waals surface area contributed by atoms with Gasteiger partial charge in [0, 0.05) is 11.3 Å². The topological polar surface area (TPSA) is 81.4 Å². The number of fused-ring (bicyclic) bond motifs is 1. The first-order valence-electron chi connectivity index (χ1n) is 11.2. The number of benzene rings is 3. The van der Waals surface area contributed by atoms with Crippen LogP contribution in [-0.4, -0.2) is 38.1 Å². The number of nitrogens with zero attached hydrogens (tertiary/aromatic N) is 4. The zero-order valence-corrected chi connectivity index (χ0v) is 19.9. The summed E-state index contributed by atoms with van der Waals surface area (Å²) >= 11 is 1.29. The Bertz CT molecular complexity index is 1430. The maximum Gasteiger partial charge on any atom is 0.234 e. The normalized spacial score (nSPS) is 10.9. The molecule has 3 aromatic carbocycles. The summed E-state index contributed by atoms with van der Waals surface area (Å²) in [4.78, 5) is 12.5. The summed E-state index contributed by atoms with van der Waals surface area (Å²) in [5, 5.41) is 16.6. The van der Waals surface area contributed by atoms with Gasteiger partial charge in [-0.2, -0.15) is 9.61 Å². The maximum absolute atomic E-state index is 12.5. The molecule has 0 radical (unpaired) electrons. The Morgan fingerprint density at radius 3 is 2.31 bits per heavy atom. The van der Waals surface area contributed by atoms with E-state index in [1.165, 1.54) is 17.3 Å². The molecule has 5 aromatic rings. The summed E-state index contributed by atoms with van der Waals surface area (Å²) in [6, 6.07) is 29.6. The minimum absolute atomic E-state index is 0.136. The smallest absolute Gasteiger partial charge is 0.234 e. The van der Waals surface area contributed by atoms with Gasteiger partial charge in [-0.05, 0) is 54.4 Å². The Morgan fingerprint density at radius 1 is 0.857 bits per heavy atom. The highest BCUT2D eigenvalue weighted by Crippen LogP contribution is 2.25. The summed E-state index contributed by atoms with van der Waals surface area (Å²) in [6.45, 7) is 2.53. The van der Waals surface area contributed by atoms with Crippen LogP contribution in [0.25, 0.3) is 28.0 Å². The minimum atomic E-state index is -0.136. The predicted molar refractivity (Wildman–Crippen MR) is 139 cm³/mol. The first kappa shape index (κ1) is 22.6. The first-order valence-corrected chi connectivity index (χ1v) is 12.2. The van der Waals surface area contributed by atoms with Gasteiger partial charge >= 0.3 is 0 Å². The summed E-state index contributed by atoms with van der Waals surface area (Å²) in [7, 11) is 0. The Kier molecular flexibility index (Phi) is 6.72. The number of ether oxygens (including phenoxy) is 1. The summed E-state index contributed by atoms with van der Waals surface area (Å²) in [5.41, 5.74) is 5.45. The van der Waals surface area contributed by atoms with E-state index in [1.54, 1.807) is 4.52 Å². The van der Waals surface area contributed by atoms with E-state index in [2.05, 4.69) is 51.9 Å². The highest BCUT2D eigenvalue weighted by molar-refractivity contribution is 7.99. The van der Waals surface area contributed by atoms with Gasteiger partial charge in [0.2, 0.25) is 11.1 Å². The summed E-state index contributed by atoms with van der Waals surface area (Å²) in [6.07, 6.45) is 0. The van der Waals surface area contributed by atoms with Crippen LogP contribution in [0.2, 0.25) is 0 Å². The van der Waals surface area contributed by atoms with Gasteiger partial charge in [0.1, 0.15) is 5.75 Å². The lowest BCUT2D eigenvalue weighted by atomic mass is 10.0. The van der Waals surface area contributed by atoms with Crippen molar-refractivity contribution in [2.75, 3.05) is 17.7 Å². The Hall–Kier alpha value is -4.17. The minimum Gasteiger partial charge on any atom is -0.494 e. The molecule has 0 bridgehead atoms. The monoisotopic (exact) mass is 481 g/mol. The molecule has 35 heavy (non-hydrogen) atoms. The molecule has 5 rings (SSSR count). The third-order valence-electron chi connectivity index (χ3n) is 5.30. The van der Waals surface area contributed by atoms with Gasteiger partial charge in [-0.15, -0.1) is 10.2 Å². The van der Waals surface area contributed by atoms with Crippen LogP contribution in [0.1, 0.15) is 6.92 Å². The van der Waals surface area contributed by atoms with Crippen molar-refractivity contribution < 1.29 is 9.53 Å². The molecule has 0 saturated carbocycles. The number of nitrogens with one attached hydrogen (secondary N) is 1. The lowest BCUT2D eigenvalue weighted by Gasteiger charge is -2.07. The van der Waals surface area contributed by atoms with Crippen LogP contribution in [0, 0.1) is 0 Å². The highest BCUT2D eigenvalue weighted by Gasteiger charge is 2.12. The molecule has 1 N–H and O–H groups in total. The molecule has 0 aliphatic heterocycles. The van der Waals surface area contributed by atoms with Crippen molar-refractivity contribution in [2.24, 2.45) is 0 Å². The SMILES string of the molecule is CCOc1ccc(NC(=O)CSc2nnc3ccc(-c4ccc(-c5ccccc5)cc4)nn23)cc1. The van der Waals surface area contributed by atoms with Crippen LogP contribution in [0.4, 0.5) is 5.69 Å². The van der Waals surface area contributed by atoms with Crippen molar-refractivity contribution in [3.63, 3.8) is 0 Å². The molecule has 0 aliphatic carbocycles. The molecule has 0 spiro atoms. The van der Waals surface area contributed by atoms with Crippen LogP contribution in [0.5, 0.6) is 5.75 Å². The van der Waals surface area contributed by atoms with Crippen LogP contribution in [0.15, 0.2) is 96.2 Å². The molecule has 7 nitrogen and oxygen atoms in total. The van der Waals surface area contributed by atoms with Gasteiger partial charge in [0.25, 0.3) is 0 Å². The van der Waals surface area contributed by atoms with E-state index in [0.29, 0.717) is 23.1 Å². The van der Waals surface area contributed by atoms with Crippen LogP contribution >= 0.6 is 11.8 Å². The third kappa shape index (κ3) is 5.33. The average molecular weight is 482 g/mol. The molecular weight excluding hydrogens is 458 g/mol. The molecule has 0 aliphatic rings. The van der Waals surface area contributed by atoms with Gasteiger partial charge in [-0.1, -0.05) is 66.4 Å². The van der Waals surface area contributed by atoms with Crippen molar-refractivity contribution in [3.8, 4) is 28.1 Å². The molecular formula is C27H23N5O2S.